The van der Waals surface area contributed by atoms with Crippen molar-refractivity contribution in [1.29, 1.82) is 0 Å². The van der Waals surface area contributed by atoms with Crippen molar-refractivity contribution in [2.45, 2.75) is 6.92 Å². The van der Waals surface area contributed by atoms with Gasteiger partial charge < -0.3 is 19.7 Å². The van der Waals surface area contributed by atoms with Crippen LogP contribution < -0.4 is 15.0 Å². The summed E-state index contributed by atoms with van der Waals surface area (Å²) >= 11 is 0. The van der Waals surface area contributed by atoms with Crippen molar-refractivity contribution in [3.8, 4) is 5.75 Å². The molecule has 1 aliphatic rings. The van der Waals surface area contributed by atoms with Crippen molar-refractivity contribution >= 4 is 28.3 Å². The van der Waals surface area contributed by atoms with Crippen LogP contribution in [0.3, 0.4) is 0 Å². The minimum absolute atomic E-state index is 0.217. The second-order valence-corrected chi connectivity index (χ2v) is 6.41. The van der Waals surface area contributed by atoms with E-state index >= 15 is 0 Å². The van der Waals surface area contributed by atoms with E-state index in [0.29, 0.717) is 36.8 Å². The molecule has 0 saturated carbocycles. The van der Waals surface area contributed by atoms with Gasteiger partial charge in [0.2, 0.25) is 0 Å². The third kappa shape index (κ3) is 3.75. The van der Waals surface area contributed by atoms with Crippen LogP contribution in [0.1, 0.15) is 17.3 Å². The summed E-state index contributed by atoms with van der Waals surface area (Å²) in [6, 6.07) is 12.9. The molecule has 0 atom stereocenters. The van der Waals surface area contributed by atoms with Gasteiger partial charge in [-0.05, 0) is 37.3 Å². The quantitative estimate of drug-likeness (QED) is 0.735. The van der Waals surface area contributed by atoms with Crippen LogP contribution >= 0.6 is 0 Å². The Morgan fingerprint density at radius 2 is 2.00 bits per heavy atom. The van der Waals surface area contributed by atoms with Gasteiger partial charge in [0, 0.05) is 24.2 Å². The number of hydrogen-bond donors (Lipinski definition) is 1. The maximum Gasteiger partial charge on any atom is 0.259 e. The van der Waals surface area contributed by atoms with E-state index < -0.39 is 0 Å². The van der Waals surface area contributed by atoms with Crippen LogP contribution in [0.15, 0.2) is 48.8 Å². The molecule has 2 aromatic carbocycles. The lowest BCUT2D eigenvalue weighted by Gasteiger charge is -2.28. The number of aromatic nitrogens is 2. The monoisotopic (exact) mass is 378 g/mol. The molecule has 7 nitrogen and oxygen atoms in total. The largest absolute Gasteiger partial charge is 0.493 e. The minimum atomic E-state index is -0.217. The third-order valence-corrected chi connectivity index (χ3v) is 4.62. The van der Waals surface area contributed by atoms with Gasteiger partial charge in [0.25, 0.3) is 5.91 Å². The molecule has 1 aliphatic heterocycles. The first-order valence-electron chi connectivity index (χ1n) is 9.37. The molecule has 0 unspecified atom stereocenters. The van der Waals surface area contributed by atoms with E-state index in [4.69, 9.17) is 9.47 Å². The van der Waals surface area contributed by atoms with E-state index in [-0.39, 0.29) is 5.91 Å². The summed E-state index contributed by atoms with van der Waals surface area (Å²) < 4.78 is 11.0. The van der Waals surface area contributed by atoms with Crippen LogP contribution in [-0.4, -0.2) is 48.8 Å². The summed E-state index contributed by atoms with van der Waals surface area (Å²) in [5.74, 6) is 1.25. The number of fused-ring (bicyclic) bond motifs is 1. The SMILES string of the molecule is CCOc1ccccc1C(=O)Nc1ccc2c(N3CCOCC3)ncnc2c1. The fourth-order valence-corrected chi connectivity index (χ4v) is 3.28. The number of hydrogen-bond acceptors (Lipinski definition) is 6. The van der Waals surface area contributed by atoms with Crippen molar-refractivity contribution < 1.29 is 14.3 Å². The average Bonchev–Trinajstić information content (AvgIpc) is 2.74. The van der Waals surface area contributed by atoms with Crippen molar-refractivity contribution in [1.82, 2.24) is 9.97 Å². The van der Waals surface area contributed by atoms with Crippen LogP contribution in [0.25, 0.3) is 10.9 Å². The van der Waals surface area contributed by atoms with Crippen molar-refractivity contribution in [2.75, 3.05) is 43.1 Å². The number of morpholine rings is 1. The topological polar surface area (TPSA) is 76.6 Å². The van der Waals surface area contributed by atoms with E-state index in [1.807, 2.05) is 37.3 Å². The van der Waals surface area contributed by atoms with E-state index in [1.54, 1.807) is 18.5 Å². The molecule has 2 heterocycles. The Kier molecular flexibility index (Phi) is 5.34. The normalized spacial score (nSPS) is 14.1. The molecule has 1 aromatic heterocycles. The second-order valence-electron chi connectivity index (χ2n) is 6.41. The van der Waals surface area contributed by atoms with E-state index in [9.17, 15) is 4.79 Å². The summed E-state index contributed by atoms with van der Waals surface area (Å²) in [5.41, 5.74) is 1.96. The summed E-state index contributed by atoms with van der Waals surface area (Å²) in [7, 11) is 0. The molecule has 1 N–H and O–H groups in total. The number of nitrogens with zero attached hydrogens (tertiary/aromatic N) is 3. The lowest BCUT2D eigenvalue weighted by Crippen LogP contribution is -2.36. The highest BCUT2D eigenvalue weighted by molar-refractivity contribution is 6.07. The lowest BCUT2D eigenvalue weighted by atomic mass is 10.1. The Morgan fingerprint density at radius 1 is 1.18 bits per heavy atom. The number of para-hydroxylation sites is 1. The van der Waals surface area contributed by atoms with Gasteiger partial charge in [-0.1, -0.05) is 12.1 Å². The maximum atomic E-state index is 12.7. The average molecular weight is 378 g/mol. The van der Waals surface area contributed by atoms with Crippen molar-refractivity contribution in [3.05, 3.63) is 54.4 Å². The van der Waals surface area contributed by atoms with Crippen LogP contribution in [0.5, 0.6) is 5.75 Å². The molecule has 144 valence electrons. The number of carbonyl (C=O) groups excluding carboxylic acids is 1. The molecular weight excluding hydrogens is 356 g/mol. The van der Waals surface area contributed by atoms with Crippen molar-refractivity contribution in [3.63, 3.8) is 0 Å². The molecule has 0 spiro atoms. The number of nitrogens with one attached hydrogen (secondary N) is 1. The first kappa shape index (κ1) is 18.2. The van der Waals surface area contributed by atoms with Crippen molar-refractivity contribution in [2.24, 2.45) is 0 Å². The van der Waals surface area contributed by atoms with Crippen LogP contribution in [0, 0.1) is 0 Å². The Balaban J connectivity index is 1.59. The van der Waals surface area contributed by atoms with Gasteiger partial charge in [-0.25, -0.2) is 9.97 Å². The number of anilines is 2. The second kappa shape index (κ2) is 8.22. The predicted molar refractivity (Wildman–Crippen MR) is 108 cm³/mol. The lowest BCUT2D eigenvalue weighted by molar-refractivity contribution is 0.102. The summed E-state index contributed by atoms with van der Waals surface area (Å²) in [4.78, 5) is 23.7. The third-order valence-electron chi connectivity index (χ3n) is 4.62. The first-order chi connectivity index (χ1) is 13.8. The molecule has 0 bridgehead atoms. The highest BCUT2D eigenvalue weighted by Crippen LogP contribution is 2.27. The summed E-state index contributed by atoms with van der Waals surface area (Å²) in [5, 5.41) is 3.89. The Labute approximate surface area is 163 Å². The first-order valence-corrected chi connectivity index (χ1v) is 9.37. The molecule has 1 fully saturated rings. The number of amides is 1. The summed E-state index contributed by atoms with van der Waals surface area (Å²) in [6.45, 7) is 5.39. The summed E-state index contributed by atoms with van der Waals surface area (Å²) in [6.07, 6.45) is 1.56. The molecule has 1 amide bonds. The zero-order chi connectivity index (χ0) is 19.3. The van der Waals surface area contributed by atoms with E-state index in [2.05, 4.69) is 20.2 Å². The minimum Gasteiger partial charge on any atom is -0.493 e. The zero-order valence-corrected chi connectivity index (χ0v) is 15.7. The molecule has 1 saturated heterocycles. The molecule has 0 radical (unpaired) electrons. The van der Waals surface area contributed by atoms with Gasteiger partial charge >= 0.3 is 0 Å². The fourth-order valence-electron chi connectivity index (χ4n) is 3.28. The zero-order valence-electron chi connectivity index (χ0n) is 15.7. The van der Waals surface area contributed by atoms with Crippen LogP contribution in [0.2, 0.25) is 0 Å². The van der Waals surface area contributed by atoms with Crippen LogP contribution in [0.4, 0.5) is 11.5 Å². The Morgan fingerprint density at radius 3 is 2.82 bits per heavy atom. The highest BCUT2D eigenvalue weighted by atomic mass is 16.5. The van der Waals surface area contributed by atoms with Gasteiger partial charge in [-0.2, -0.15) is 0 Å². The fraction of sp³-hybridized carbons (Fsp3) is 0.286. The standard InChI is InChI=1S/C21H22N4O3/c1-2-28-19-6-4-3-5-17(19)21(26)24-15-7-8-16-18(13-15)22-14-23-20(16)25-9-11-27-12-10-25/h3-8,13-14H,2,9-12H2,1H3,(H,24,26). The number of rotatable bonds is 5. The Hall–Kier alpha value is -3.19. The molecule has 3 aromatic rings. The van der Waals surface area contributed by atoms with Gasteiger partial charge in [0.05, 0.1) is 30.9 Å². The van der Waals surface area contributed by atoms with Gasteiger partial charge in [0.15, 0.2) is 0 Å². The molecule has 7 heteroatoms. The van der Waals surface area contributed by atoms with E-state index in [0.717, 1.165) is 29.8 Å². The van der Waals surface area contributed by atoms with E-state index in [1.165, 1.54) is 0 Å². The molecule has 0 aliphatic carbocycles. The predicted octanol–water partition coefficient (Wildman–Crippen LogP) is 3.12. The molecular formula is C21H22N4O3. The molecule has 28 heavy (non-hydrogen) atoms. The highest BCUT2D eigenvalue weighted by Gasteiger charge is 2.17. The number of benzene rings is 2. The Bertz CT molecular complexity index is 986. The number of carbonyl (C=O) groups is 1. The van der Waals surface area contributed by atoms with Gasteiger partial charge in [0.1, 0.15) is 17.9 Å². The van der Waals surface area contributed by atoms with Crippen LogP contribution in [-0.2, 0) is 4.74 Å². The smallest absolute Gasteiger partial charge is 0.259 e. The van der Waals surface area contributed by atoms with Gasteiger partial charge in [-0.15, -0.1) is 0 Å². The van der Waals surface area contributed by atoms with Gasteiger partial charge in [-0.3, -0.25) is 4.79 Å². The molecule has 4 rings (SSSR count). The number of ether oxygens (including phenoxy) is 2. The maximum absolute atomic E-state index is 12.7.